The van der Waals surface area contributed by atoms with Crippen LogP contribution in [0.1, 0.15) is 24.5 Å². The number of hydrogen-bond acceptors (Lipinski definition) is 8. The van der Waals surface area contributed by atoms with Gasteiger partial charge >= 0.3 is 12.1 Å². The molecule has 0 aliphatic carbocycles. The van der Waals surface area contributed by atoms with Crippen LogP contribution in [0, 0.1) is 5.92 Å². The van der Waals surface area contributed by atoms with E-state index in [0.717, 1.165) is 17.7 Å². The van der Waals surface area contributed by atoms with E-state index >= 15 is 0 Å². The Balaban J connectivity index is 1.63. The summed E-state index contributed by atoms with van der Waals surface area (Å²) >= 11 is 0. The zero-order valence-corrected chi connectivity index (χ0v) is 21.7. The van der Waals surface area contributed by atoms with Gasteiger partial charge in [-0.2, -0.15) is 28.1 Å². The van der Waals surface area contributed by atoms with E-state index in [2.05, 4.69) is 20.3 Å². The van der Waals surface area contributed by atoms with Crippen LogP contribution >= 0.6 is 0 Å². The molecule has 1 heterocycles. The van der Waals surface area contributed by atoms with E-state index in [4.69, 9.17) is 4.74 Å². The van der Waals surface area contributed by atoms with Crippen molar-refractivity contribution in [2.75, 3.05) is 49.4 Å². The number of benzene rings is 2. The summed E-state index contributed by atoms with van der Waals surface area (Å²) in [6.07, 6.45) is -3.39. The standard InChI is InChI=1S/C26H31F3N6O3/c1-5-18(22(36)37)16-17-6-12-21(13-7-17)38-15-14-35(4)25-32-23(31-24(33-25)34(2)3)30-20-10-8-19(9-11-20)26(27,28)29/h6-13,18H,5,14-16H2,1-4H3,(H,36,37)(H,30,31,32,33). The molecule has 1 aromatic heterocycles. The second-order valence-corrected chi connectivity index (χ2v) is 8.92. The predicted octanol–water partition coefficient (Wildman–Crippen LogP) is 4.87. The van der Waals surface area contributed by atoms with Crippen LogP contribution in [0.25, 0.3) is 0 Å². The largest absolute Gasteiger partial charge is 0.492 e. The Morgan fingerprint density at radius 1 is 1.00 bits per heavy atom. The third-order valence-electron chi connectivity index (χ3n) is 5.76. The topological polar surface area (TPSA) is 104 Å². The average molecular weight is 533 g/mol. The summed E-state index contributed by atoms with van der Waals surface area (Å²) in [7, 11) is 5.33. The highest BCUT2D eigenvalue weighted by Gasteiger charge is 2.30. The quantitative estimate of drug-likeness (QED) is 0.338. The molecule has 9 nitrogen and oxygen atoms in total. The second kappa shape index (κ2) is 12.4. The van der Waals surface area contributed by atoms with Gasteiger partial charge in [-0.1, -0.05) is 19.1 Å². The molecule has 0 saturated carbocycles. The SMILES string of the molecule is CCC(Cc1ccc(OCCN(C)c2nc(Nc3ccc(C(F)(F)F)cc3)nc(N(C)C)n2)cc1)C(=O)O. The van der Waals surface area contributed by atoms with Crippen molar-refractivity contribution in [3.63, 3.8) is 0 Å². The molecule has 38 heavy (non-hydrogen) atoms. The number of carbonyl (C=O) groups is 1. The summed E-state index contributed by atoms with van der Waals surface area (Å²) in [5.74, 6) is 0.357. The van der Waals surface area contributed by atoms with E-state index in [1.807, 2.05) is 31.2 Å². The molecule has 0 radical (unpaired) electrons. The van der Waals surface area contributed by atoms with Gasteiger partial charge in [0.05, 0.1) is 18.0 Å². The smallest absolute Gasteiger partial charge is 0.416 e. The van der Waals surface area contributed by atoms with E-state index in [0.29, 0.717) is 49.3 Å². The normalized spacial score (nSPS) is 12.1. The monoisotopic (exact) mass is 532 g/mol. The molecular weight excluding hydrogens is 501 g/mol. The lowest BCUT2D eigenvalue weighted by Crippen LogP contribution is -2.27. The van der Waals surface area contributed by atoms with Crippen molar-refractivity contribution in [1.82, 2.24) is 15.0 Å². The highest BCUT2D eigenvalue weighted by atomic mass is 19.4. The van der Waals surface area contributed by atoms with Crippen LogP contribution in [-0.2, 0) is 17.4 Å². The van der Waals surface area contributed by atoms with Gasteiger partial charge in [0.1, 0.15) is 12.4 Å². The molecule has 0 amide bonds. The Morgan fingerprint density at radius 2 is 1.63 bits per heavy atom. The fourth-order valence-corrected chi connectivity index (χ4v) is 3.47. The average Bonchev–Trinajstić information content (AvgIpc) is 2.87. The van der Waals surface area contributed by atoms with Gasteiger partial charge in [-0.25, -0.2) is 0 Å². The van der Waals surface area contributed by atoms with Gasteiger partial charge in [0.25, 0.3) is 0 Å². The molecule has 0 saturated heterocycles. The molecule has 3 rings (SSSR count). The molecule has 0 spiro atoms. The number of nitrogens with zero attached hydrogens (tertiary/aromatic N) is 5. The van der Waals surface area contributed by atoms with E-state index in [9.17, 15) is 23.1 Å². The fraction of sp³-hybridized carbons (Fsp3) is 0.385. The molecule has 3 aromatic rings. The fourth-order valence-electron chi connectivity index (χ4n) is 3.47. The van der Waals surface area contributed by atoms with E-state index < -0.39 is 23.6 Å². The Morgan fingerprint density at radius 3 is 2.18 bits per heavy atom. The van der Waals surface area contributed by atoms with Gasteiger partial charge in [0.2, 0.25) is 17.8 Å². The van der Waals surface area contributed by atoms with Gasteiger partial charge < -0.3 is 25.0 Å². The van der Waals surface area contributed by atoms with Crippen LogP contribution in [0.4, 0.5) is 36.7 Å². The Labute approximate surface area is 219 Å². The van der Waals surface area contributed by atoms with Crippen molar-refractivity contribution in [2.24, 2.45) is 5.92 Å². The Bertz CT molecular complexity index is 1200. The summed E-state index contributed by atoms with van der Waals surface area (Å²) < 4.78 is 44.4. The maximum absolute atomic E-state index is 12.8. The number of halogens is 3. The van der Waals surface area contributed by atoms with Crippen molar-refractivity contribution < 1.29 is 27.8 Å². The molecular formula is C26H31F3N6O3. The highest BCUT2D eigenvalue weighted by molar-refractivity contribution is 5.70. The molecule has 0 aliphatic heterocycles. The van der Waals surface area contributed by atoms with Gasteiger partial charge in [0, 0.05) is 26.8 Å². The molecule has 2 N–H and O–H groups in total. The van der Waals surface area contributed by atoms with Crippen molar-refractivity contribution in [3.05, 3.63) is 59.7 Å². The summed E-state index contributed by atoms with van der Waals surface area (Å²) in [4.78, 5) is 27.9. The van der Waals surface area contributed by atoms with E-state index in [-0.39, 0.29) is 5.95 Å². The number of hydrogen-bond donors (Lipinski definition) is 2. The number of likely N-dealkylation sites (N-methyl/N-ethyl adjacent to an activating group) is 1. The van der Waals surface area contributed by atoms with E-state index in [1.54, 1.807) is 30.9 Å². The first-order valence-corrected chi connectivity index (χ1v) is 12.0. The molecule has 0 aliphatic rings. The first-order chi connectivity index (χ1) is 18.0. The summed E-state index contributed by atoms with van der Waals surface area (Å²) in [5, 5.41) is 12.2. The predicted molar refractivity (Wildman–Crippen MR) is 139 cm³/mol. The van der Waals surface area contributed by atoms with Crippen LogP contribution in [0.15, 0.2) is 48.5 Å². The summed E-state index contributed by atoms with van der Waals surface area (Å²) in [6, 6.07) is 11.9. The summed E-state index contributed by atoms with van der Waals surface area (Å²) in [5.41, 5.74) is 0.592. The number of carboxylic acids is 1. The molecule has 1 unspecified atom stereocenters. The number of rotatable bonds is 12. The lowest BCUT2D eigenvalue weighted by Gasteiger charge is -2.20. The van der Waals surface area contributed by atoms with Crippen molar-refractivity contribution in [2.45, 2.75) is 25.9 Å². The maximum Gasteiger partial charge on any atom is 0.416 e. The van der Waals surface area contributed by atoms with Gasteiger partial charge in [-0.3, -0.25) is 4.79 Å². The molecule has 204 valence electrons. The highest BCUT2D eigenvalue weighted by Crippen LogP contribution is 2.30. The molecule has 2 aromatic carbocycles. The number of anilines is 4. The van der Waals surface area contributed by atoms with Crippen molar-refractivity contribution in [1.29, 1.82) is 0 Å². The van der Waals surface area contributed by atoms with Crippen LogP contribution in [0.2, 0.25) is 0 Å². The van der Waals surface area contributed by atoms with Crippen molar-refractivity contribution in [3.8, 4) is 5.75 Å². The number of carboxylic acid groups (broad SMARTS) is 1. The van der Waals surface area contributed by atoms with Crippen LogP contribution < -0.4 is 19.9 Å². The number of aromatic nitrogens is 3. The minimum absolute atomic E-state index is 0.188. The molecule has 0 bridgehead atoms. The Kier molecular flexibility index (Phi) is 9.32. The lowest BCUT2D eigenvalue weighted by molar-refractivity contribution is -0.141. The Hall–Kier alpha value is -4.09. The number of ether oxygens (including phenoxy) is 1. The number of alkyl halides is 3. The third kappa shape index (κ3) is 7.95. The second-order valence-electron chi connectivity index (χ2n) is 8.92. The van der Waals surface area contributed by atoms with Gasteiger partial charge in [-0.05, 0) is 54.8 Å². The minimum Gasteiger partial charge on any atom is -0.492 e. The summed E-state index contributed by atoms with van der Waals surface area (Å²) in [6.45, 7) is 2.62. The van der Waals surface area contributed by atoms with E-state index in [1.165, 1.54) is 12.1 Å². The number of nitrogens with one attached hydrogen (secondary N) is 1. The molecule has 0 fully saturated rings. The van der Waals surface area contributed by atoms with Crippen molar-refractivity contribution >= 4 is 29.5 Å². The zero-order chi connectivity index (χ0) is 27.9. The zero-order valence-electron chi connectivity index (χ0n) is 21.7. The van der Waals surface area contributed by atoms with Crippen LogP contribution in [0.5, 0.6) is 5.75 Å². The van der Waals surface area contributed by atoms with Gasteiger partial charge in [-0.15, -0.1) is 0 Å². The number of aliphatic carboxylic acids is 1. The first-order valence-electron chi connectivity index (χ1n) is 12.0. The lowest BCUT2D eigenvalue weighted by atomic mass is 9.97. The van der Waals surface area contributed by atoms with Crippen LogP contribution in [0.3, 0.4) is 0 Å². The van der Waals surface area contributed by atoms with Gasteiger partial charge in [0.15, 0.2) is 0 Å². The first kappa shape index (κ1) is 28.5. The minimum atomic E-state index is -4.41. The molecule has 1 atom stereocenters. The van der Waals surface area contributed by atoms with Crippen LogP contribution in [-0.4, -0.2) is 60.3 Å². The maximum atomic E-state index is 12.8. The third-order valence-corrected chi connectivity index (χ3v) is 5.76. The molecule has 12 heteroatoms.